The van der Waals surface area contributed by atoms with Gasteiger partial charge in [-0.25, -0.2) is 9.59 Å². The molecule has 0 aromatic carbocycles. The number of hydrogen-bond donors (Lipinski definition) is 3. The summed E-state index contributed by atoms with van der Waals surface area (Å²) in [5.74, 6) is -0.292. The molecule has 3 N–H and O–H groups in total. The molecule has 1 aromatic heterocycles. The lowest BCUT2D eigenvalue weighted by atomic mass is 10.4. The largest absolute Gasteiger partial charge is 0.336 e. The maximum atomic E-state index is 11.5. The van der Waals surface area contributed by atoms with E-state index < -0.39 is 12.1 Å². The maximum Gasteiger partial charge on any atom is 0.324 e. The van der Waals surface area contributed by atoms with Crippen LogP contribution in [0.2, 0.25) is 0 Å². The van der Waals surface area contributed by atoms with Gasteiger partial charge >= 0.3 is 12.1 Å². The second kappa shape index (κ2) is 5.80. The van der Waals surface area contributed by atoms with Gasteiger partial charge in [-0.3, -0.25) is 14.7 Å². The maximum absolute atomic E-state index is 11.5. The van der Waals surface area contributed by atoms with Crippen LogP contribution in [-0.2, 0) is 4.79 Å². The molecule has 0 bridgehead atoms. The molecule has 2 rings (SSSR count). The predicted octanol–water partition coefficient (Wildman–Crippen LogP) is -0.245. The number of imide groups is 1. The molecule has 8 nitrogen and oxygen atoms in total. The van der Waals surface area contributed by atoms with Gasteiger partial charge in [-0.05, 0) is 12.1 Å². The van der Waals surface area contributed by atoms with Gasteiger partial charge in [0, 0.05) is 19.3 Å². The SMILES string of the molecule is O=C(NCCN1C(=O)CNC1=O)Nc1cccnc1. The van der Waals surface area contributed by atoms with Crippen LogP contribution in [0.4, 0.5) is 15.3 Å². The standard InChI is InChI=1S/C11H13N5O3/c17-9-7-14-11(19)16(9)5-4-13-10(18)15-8-2-1-3-12-6-8/h1-3,6H,4-5,7H2,(H,14,19)(H2,13,15,18). The summed E-state index contributed by atoms with van der Waals surface area (Å²) in [7, 11) is 0. The van der Waals surface area contributed by atoms with E-state index in [9.17, 15) is 14.4 Å². The van der Waals surface area contributed by atoms with Crippen LogP contribution in [0.25, 0.3) is 0 Å². The van der Waals surface area contributed by atoms with Crippen molar-refractivity contribution in [2.75, 3.05) is 25.0 Å². The molecule has 1 fully saturated rings. The van der Waals surface area contributed by atoms with E-state index in [4.69, 9.17) is 0 Å². The van der Waals surface area contributed by atoms with Crippen molar-refractivity contribution in [3.8, 4) is 0 Å². The van der Waals surface area contributed by atoms with Crippen molar-refractivity contribution in [2.45, 2.75) is 0 Å². The van der Waals surface area contributed by atoms with Gasteiger partial charge in [0.2, 0.25) is 5.91 Å². The number of nitrogens with one attached hydrogen (secondary N) is 3. The van der Waals surface area contributed by atoms with E-state index in [0.717, 1.165) is 4.90 Å². The van der Waals surface area contributed by atoms with Gasteiger partial charge in [0.25, 0.3) is 0 Å². The minimum Gasteiger partial charge on any atom is -0.336 e. The van der Waals surface area contributed by atoms with E-state index >= 15 is 0 Å². The average Bonchev–Trinajstić information content (AvgIpc) is 2.71. The smallest absolute Gasteiger partial charge is 0.324 e. The average molecular weight is 263 g/mol. The first-order chi connectivity index (χ1) is 9.16. The van der Waals surface area contributed by atoms with Crippen LogP contribution in [-0.4, -0.2) is 47.5 Å². The molecule has 0 spiro atoms. The number of pyridine rings is 1. The Morgan fingerprint density at radius 2 is 2.32 bits per heavy atom. The molecule has 0 radical (unpaired) electrons. The molecule has 5 amide bonds. The van der Waals surface area contributed by atoms with E-state index in [1.165, 1.54) is 6.20 Å². The van der Waals surface area contributed by atoms with Crippen LogP contribution in [0.5, 0.6) is 0 Å². The Morgan fingerprint density at radius 3 is 2.95 bits per heavy atom. The van der Waals surface area contributed by atoms with E-state index in [0.29, 0.717) is 5.69 Å². The van der Waals surface area contributed by atoms with Gasteiger partial charge in [0.05, 0.1) is 18.4 Å². The summed E-state index contributed by atoms with van der Waals surface area (Å²) >= 11 is 0. The van der Waals surface area contributed by atoms with Crippen LogP contribution < -0.4 is 16.0 Å². The Kier molecular flexibility index (Phi) is 3.91. The summed E-state index contributed by atoms with van der Waals surface area (Å²) in [6.45, 7) is 0.344. The van der Waals surface area contributed by atoms with Crippen molar-refractivity contribution in [1.82, 2.24) is 20.5 Å². The zero-order valence-electron chi connectivity index (χ0n) is 10.0. The Morgan fingerprint density at radius 1 is 1.47 bits per heavy atom. The van der Waals surface area contributed by atoms with Crippen LogP contribution in [0, 0.1) is 0 Å². The van der Waals surface area contributed by atoms with Gasteiger partial charge in [0.15, 0.2) is 0 Å². The molecule has 1 aliphatic heterocycles. The minimum atomic E-state index is -0.431. The fourth-order valence-corrected chi connectivity index (χ4v) is 1.57. The first kappa shape index (κ1) is 12.8. The first-order valence-electron chi connectivity index (χ1n) is 5.70. The Balaban J connectivity index is 1.72. The van der Waals surface area contributed by atoms with Crippen LogP contribution in [0.1, 0.15) is 0 Å². The Labute approximate surface area is 109 Å². The molecule has 1 aromatic rings. The van der Waals surface area contributed by atoms with E-state index in [1.54, 1.807) is 18.3 Å². The van der Waals surface area contributed by atoms with Crippen LogP contribution in [0.15, 0.2) is 24.5 Å². The molecule has 2 heterocycles. The van der Waals surface area contributed by atoms with Crippen LogP contribution in [0.3, 0.4) is 0 Å². The number of hydrogen-bond acceptors (Lipinski definition) is 4. The normalized spacial score (nSPS) is 14.2. The van der Waals surface area contributed by atoms with Gasteiger partial charge in [-0.2, -0.15) is 0 Å². The van der Waals surface area contributed by atoms with Crippen molar-refractivity contribution >= 4 is 23.7 Å². The molecule has 0 atom stereocenters. The third-order valence-electron chi connectivity index (χ3n) is 2.48. The Hall–Kier alpha value is -2.64. The molecule has 19 heavy (non-hydrogen) atoms. The topological polar surface area (TPSA) is 103 Å². The quantitative estimate of drug-likeness (QED) is 0.652. The van der Waals surface area contributed by atoms with Crippen molar-refractivity contribution in [1.29, 1.82) is 0 Å². The van der Waals surface area contributed by atoms with Crippen molar-refractivity contribution in [2.24, 2.45) is 0 Å². The van der Waals surface area contributed by atoms with E-state index in [-0.39, 0.29) is 25.5 Å². The molecule has 0 unspecified atom stereocenters. The van der Waals surface area contributed by atoms with Gasteiger partial charge in [0.1, 0.15) is 0 Å². The third-order valence-corrected chi connectivity index (χ3v) is 2.48. The lowest BCUT2D eigenvalue weighted by Crippen LogP contribution is -2.39. The van der Waals surface area contributed by atoms with Crippen molar-refractivity contribution in [3.05, 3.63) is 24.5 Å². The molecule has 1 saturated heterocycles. The fourth-order valence-electron chi connectivity index (χ4n) is 1.57. The third kappa shape index (κ3) is 3.41. The van der Waals surface area contributed by atoms with E-state index in [1.807, 2.05) is 0 Å². The number of amides is 5. The minimum absolute atomic E-state index is 0.0146. The number of aromatic nitrogens is 1. The second-order valence-electron chi connectivity index (χ2n) is 3.83. The fraction of sp³-hybridized carbons (Fsp3) is 0.273. The molecule has 8 heteroatoms. The number of urea groups is 2. The molecular weight excluding hydrogens is 250 g/mol. The molecule has 1 aliphatic rings. The summed E-state index contributed by atoms with van der Waals surface area (Å²) in [5, 5.41) is 7.52. The van der Waals surface area contributed by atoms with Crippen molar-refractivity contribution < 1.29 is 14.4 Å². The zero-order chi connectivity index (χ0) is 13.7. The number of carbonyl (C=O) groups excluding carboxylic acids is 3. The number of nitrogens with zero attached hydrogens (tertiary/aromatic N) is 2. The number of rotatable bonds is 4. The Bertz CT molecular complexity index is 474. The van der Waals surface area contributed by atoms with Gasteiger partial charge < -0.3 is 16.0 Å². The number of anilines is 1. The monoisotopic (exact) mass is 263 g/mol. The van der Waals surface area contributed by atoms with Gasteiger partial charge in [-0.1, -0.05) is 0 Å². The summed E-state index contributed by atoms with van der Waals surface area (Å²) in [5.41, 5.74) is 0.565. The highest BCUT2D eigenvalue weighted by atomic mass is 16.2. The predicted molar refractivity (Wildman–Crippen MR) is 66.4 cm³/mol. The summed E-state index contributed by atoms with van der Waals surface area (Å²) in [6, 6.07) is 2.55. The highest BCUT2D eigenvalue weighted by Gasteiger charge is 2.27. The highest BCUT2D eigenvalue weighted by molar-refractivity contribution is 6.02. The second-order valence-corrected chi connectivity index (χ2v) is 3.83. The van der Waals surface area contributed by atoms with Crippen molar-refractivity contribution in [3.63, 3.8) is 0 Å². The number of carbonyl (C=O) groups is 3. The molecule has 100 valence electrons. The molecular formula is C11H13N5O3. The summed E-state index contributed by atoms with van der Waals surface area (Å²) < 4.78 is 0. The summed E-state index contributed by atoms with van der Waals surface area (Å²) in [6.07, 6.45) is 3.11. The first-order valence-corrected chi connectivity index (χ1v) is 5.70. The lowest BCUT2D eigenvalue weighted by Gasteiger charge is -2.13. The lowest BCUT2D eigenvalue weighted by molar-refractivity contribution is -0.124. The van der Waals surface area contributed by atoms with Gasteiger partial charge in [-0.15, -0.1) is 0 Å². The van der Waals surface area contributed by atoms with E-state index in [2.05, 4.69) is 20.9 Å². The summed E-state index contributed by atoms with van der Waals surface area (Å²) in [4.78, 5) is 38.9. The zero-order valence-corrected chi connectivity index (χ0v) is 10.0. The molecule has 0 aliphatic carbocycles. The highest BCUT2D eigenvalue weighted by Crippen LogP contribution is 2.01. The molecule has 0 saturated carbocycles. The van der Waals surface area contributed by atoms with Crippen LogP contribution >= 0.6 is 0 Å².